The lowest BCUT2D eigenvalue weighted by Crippen LogP contribution is -2.58. The maximum Gasteiger partial charge on any atom is 0.416 e. The summed E-state index contributed by atoms with van der Waals surface area (Å²) in [5, 5.41) is 23.4. The van der Waals surface area contributed by atoms with E-state index in [4.69, 9.17) is 0 Å². The molecule has 5 nitrogen and oxygen atoms in total. The van der Waals surface area contributed by atoms with Crippen LogP contribution in [0.4, 0.5) is 26.7 Å². The van der Waals surface area contributed by atoms with Crippen molar-refractivity contribution in [3.63, 3.8) is 0 Å². The third-order valence-electron chi connectivity index (χ3n) is 5.01. The van der Waals surface area contributed by atoms with Gasteiger partial charge in [-0.2, -0.15) is 13.2 Å². The van der Waals surface area contributed by atoms with Gasteiger partial charge in [0.05, 0.1) is 17.7 Å². The summed E-state index contributed by atoms with van der Waals surface area (Å²) in [5.41, 5.74) is -1.28. The predicted molar refractivity (Wildman–Crippen MR) is 113 cm³/mol. The molecule has 0 aliphatic rings. The Bertz CT molecular complexity index is 940. The zero-order chi connectivity index (χ0) is 25.0. The normalized spacial score (nSPS) is 14.1. The Morgan fingerprint density at radius 1 is 1.03 bits per heavy atom. The van der Waals surface area contributed by atoms with Gasteiger partial charge in [0.1, 0.15) is 11.6 Å². The molecule has 33 heavy (non-hydrogen) atoms. The molecule has 0 saturated carbocycles. The van der Waals surface area contributed by atoms with Crippen LogP contribution in [0.5, 0.6) is 0 Å². The highest BCUT2D eigenvalue weighted by atomic mass is 19.4. The molecule has 0 saturated heterocycles. The highest BCUT2D eigenvalue weighted by molar-refractivity contribution is 5.66. The number of carboxylic acid groups (broad SMARTS) is 1. The molecule has 10 heteroatoms. The van der Waals surface area contributed by atoms with Gasteiger partial charge in [0.25, 0.3) is 0 Å². The number of benzene rings is 2. The molecular formula is C23H27F5N2O3. The van der Waals surface area contributed by atoms with E-state index in [1.165, 1.54) is 12.1 Å². The topological polar surface area (TPSA) is 72.8 Å². The van der Waals surface area contributed by atoms with Crippen molar-refractivity contribution in [3.8, 4) is 0 Å². The molecule has 1 amide bonds. The summed E-state index contributed by atoms with van der Waals surface area (Å²) >= 11 is 0. The minimum atomic E-state index is -4.49. The third kappa shape index (κ3) is 7.68. The van der Waals surface area contributed by atoms with Gasteiger partial charge < -0.3 is 15.5 Å². The first-order valence-corrected chi connectivity index (χ1v) is 10.2. The maximum atomic E-state index is 13.7. The number of nitrogens with one attached hydrogen (secondary N) is 1. The van der Waals surface area contributed by atoms with E-state index >= 15 is 0 Å². The van der Waals surface area contributed by atoms with E-state index in [2.05, 4.69) is 5.32 Å². The van der Waals surface area contributed by atoms with Crippen molar-refractivity contribution >= 4 is 6.09 Å². The molecule has 0 heterocycles. The van der Waals surface area contributed by atoms with Crippen LogP contribution in [0.3, 0.4) is 0 Å². The van der Waals surface area contributed by atoms with E-state index in [1.54, 1.807) is 20.8 Å². The van der Waals surface area contributed by atoms with Crippen molar-refractivity contribution in [1.29, 1.82) is 0 Å². The first kappa shape index (κ1) is 26.5. The van der Waals surface area contributed by atoms with E-state index < -0.39 is 47.2 Å². The number of hydrogen-bond donors (Lipinski definition) is 3. The lowest BCUT2D eigenvalue weighted by molar-refractivity contribution is -0.137. The quantitative estimate of drug-likeness (QED) is 0.480. The molecular weight excluding hydrogens is 447 g/mol. The summed E-state index contributed by atoms with van der Waals surface area (Å²) < 4.78 is 66.0. The Hall–Kier alpha value is -2.72. The van der Waals surface area contributed by atoms with Crippen LogP contribution in [0.15, 0.2) is 42.5 Å². The van der Waals surface area contributed by atoms with Gasteiger partial charge in [0.2, 0.25) is 0 Å². The highest BCUT2D eigenvalue weighted by Crippen LogP contribution is 2.29. The standard InChI is InChI=1S/C23H27F5N2O3/c1-22(2,3)30(21(32)33)19(10-15-8-17(24)11-18(25)9-15)20(31)13-29-12-14-5-4-6-16(7-14)23(26,27)28/h4-9,11,19-20,29,31H,10,12-13H2,1-3H3,(H,32,33)/t19-,20+/m0/s1. The SMILES string of the molecule is CC(C)(C)N(C(=O)O)[C@@H](Cc1cc(F)cc(F)c1)[C@H](O)CNCc1cccc(C(F)(F)F)c1. The van der Waals surface area contributed by atoms with Crippen LogP contribution < -0.4 is 5.32 Å². The van der Waals surface area contributed by atoms with Gasteiger partial charge >= 0.3 is 12.3 Å². The van der Waals surface area contributed by atoms with Crippen LogP contribution >= 0.6 is 0 Å². The summed E-state index contributed by atoms with van der Waals surface area (Å²) in [6.07, 6.45) is -7.32. The largest absolute Gasteiger partial charge is 0.465 e. The van der Waals surface area contributed by atoms with Crippen molar-refractivity contribution in [2.24, 2.45) is 0 Å². The average molecular weight is 474 g/mol. The molecule has 0 bridgehead atoms. The minimum absolute atomic E-state index is 0.00905. The zero-order valence-corrected chi connectivity index (χ0v) is 18.5. The number of aliphatic hydroxyl groups is 1. The van der Waals surface area contributed by atoms with E-state index in [0.29, 0.717) is 11.6 Å². The molecule has 2 rings (SSSR count). The molecule has 0 radical (unpaired) electrons. The maximum absolute atomic E-state index is 13.7. The first-order valence-electron chi connectivity index (χ1n) is 10.2. The van der Waals surface area contributed by atoms with Crippen LogP contribution in [0.2, 0.25) is 0 Å². The molecule has 0 aliphatic carbocycles. The number of halogens is 5. The number of aliphatic hydroxyl groups excluding tert-OH is 1. The second kappa shape index (κ2) is 10.5. The Morgan fingerprint density at radius 2 is 1.64 bits per heavy atom. The zero-order valence-electron chi connectivity index (χ0n) is 18.5. The molecule has 2 aromatic rings. The number of amides is 1. The van der Waals surface area contributed by atoms with Gasteiger partial charge in [-0.1, -0.05) is 18.2 Å². The minimum Gasteiger partial charge on any atom is -0.465 e. The molecule has 2 aromatic carbocycles. The Labute approximate surface area is 188 Å². The monoisotopic (exact) mass is 474 g/mol. The molecule has 0 spiro atoms. The van der Waals surface area contributed by atoms with Crippen LogP contribution in [-0.4, -0.2) is 45.4 Å². The van der Waals surface area contributed by atoms with Gasteiger partial charge in [0, 0.05) is 24.7 Å². The van der Waals surface area contributed by atoms with Crippen molar-refractivity contribution in [2.45, 2.75) is 57.6 Å². The Morgan fingerprint density at radius 3 is 2.15 bits per heavy atom. The summed E-state index contributed by atoms with van der Waals surface area (Å²) in [6, 6.07) is 6.39. The Kier molecular flexibility index (Phi) is 8.42. The molecule has 3 N–H and O–H groups in total. The van der Waals surface area contributed by atoms with Gasteiger partial charge in [-0.3, -0.25) is 4.90 Å². The van der Waals surface area contributed by atoms with Crippen molar-refractivity contribution in [2.75, 3.05) is 6.54 Å². The number of carbonyl (C=O) groups is 1. The van der Waals surface area contributed by atoms with E-state index in [1.807, 2.05) is 0 Å². The fourth-order valence-electron chi connectivity index (χ4n) is 3.65. The van der Waals surface area contributed by atoms with Gasteiger partial charge in [-0.15, -0.1) is 0 Å². The van der Waals surface area contributed by atoms with Crippen LogP contribution in [-0.2, 0) is 19.1 Å². The predicted octanol–water partition coefficient (Wildman–Crippen LogP) is 4.82. The molecule has 182 valence electrons. The van der Waals surface area contributed by atoms with Crippen LogP contribution in [0, 0.1) is 11.6 Å². The van der Waals surface area contributed by atoms with Crippen LogP contribution in [0.25, 0.3) is 0 Å². The highest BCUT2D eigenvalue weighted by Gasteiger charge is 2.37. The lowest BCUT2D eigenvalue weighted by Gasteiger charge is -2.42. The second-order valence-corrected chi connectivity index (χ2v) is 8.77. The van der Waals surface area contributed by atoms with Crippen molar-refractivity contribution in [3.05, 3.63) is 70.8 Å². The third-order valence-corrected chi connectivity index (χ3v) is 5.01. The smallest absolute Gasteiger partial charge is 0.416 e. The summed E-state index contributed by atoms with van der Waals surface area (Å²) in [5.74, 6) is -1.67. The summed E-state index contributed by atoms with van der Waals surface area (Å²) in [6.45, 7) is 4.67. The van der Waals surface area contributed by atoms with Gasteiger partial charge in [-0.25, -0.2) is 13.6 Å². The van der Waals surface area contributed by atoms with E-state index in [0.717, 1.165) is 29.2 Å². The fraction of sp³-hybridized carbons (Fsp3) is 0.435. The number of hydrogen-bond acceptors (Lipinski definition) is 3. The fourth-order valence-corrected chi connectivity index (χ4v) is 3.65. The lowest BCUT2D eigenvalue weighted by atomic mass is 9.94. The second-order valence-electron chi connectivity index (χ2n) is 8.77. The van der Waals surface area contributed by atoms with Gasteiger partial charge in [-0.05, 0) is 56.5 Å². The Balaban J connectivity index is 2.21. The summed E-state index contributed by atoms with van der Waals surface area (Å²) in [7, 11) is 0. The first-order chi connectivity index (χ1) is 15.2. The van der Waals surface area contributed by atoms with E-state index in [-0.39, 0.29) is 25.1 Å². The van der Waals surface area contributed by atoms with Gasteiger partial charge in [0.15, 0.2) is 0 Å². The average Bonchev–Trinajstić information content (AvgIpc) is 2.64. The molecule has 0 unspecified atom stereocenters. The molecule has 0 aliphatic heterocycles. The number of rotatable bonds is 8. The number of nitrogens with zero attached hydrogens (tertiary/aromatic N) is 1. The number of alkyl halides is 3. The van der Waals surface area contributed by atoms with Crippen molar-refractivity contribution in [1.82, 2.24) is 10.2 Å². The molecule has 0 fully saturated rings. The molecule has 0 aromatic heterocycles. The van der Waals surface area contributed by atoms with Crippen LogP contribution in [0.1, 0.15) is 37.5 Å². The van der Waals surface area contributed by atoms with E-state index in [9.17, 15) is 37.0 Å². The van der Waals surface area contributed by atoms with Crippen molar-refractivity contribution < 1.29 is 37.0 Å². The molecule has 2 atom stereocenters. The summed E-state index contributed by atoms with van der Waals surface area (Å²) in [4.78, 5) is 13.0.